The lowest BCUT2D eigenvalue weighted by atomic mass is 10.1. The van der Waals surface area contributed by atoms with Crippen LogP contribution in [-0.4, -0.2) is 17.8 Å². The molecule has 3 aromatic rings. The Balaban J connectivity index is 1.83. The summed E-state index contributed by atoms with van der Waals surface area (Å²) in [6, 6.07) is 17.5. The van der Waals surface area contributed by atoms with Gasteiger partial charge < -0.3 is 25.0 Å². The largest absolute Gasteiger partial charge is 0.545 e. The zero-order chi connectivity index (χ0) is 19.9. The number of amides is 2. The monoisotopic (exact) mass is 375 g/mol. The van der Waals surface area contributed by atoms with E-state index in [0.29, 0.717) is 11.3 Å². The van der Waals surface area contributed by atoms with E-state index in [1.54, 1.807) is 30.3 Å². The third-order valence-corrected chi connectivity index (χ3v) is 3.73. The Kier molecular flexibility index (Phi) is 5.66. The SMILES string of the molecule is O=C(Nc1ccc(C(=O)[O-])cc1)/C(=C/c1ccccc1)NC(=O)c1ccco1. The molecule has 7 nitrogen and oxygen atoms in total. The second-order valence-electron chi connectivity index (χ2n) is 5.72. The van der Waals surface area contributed by atoms with Crippen LogP contribution in [0.15, 0.2) is 83.1 Å². The number of aromatic carboxylic acids is 1. The van der Waals surface area contributed by atoms with Gasteiger partial charge in [0.15, 0.2) is 5.76 Å². The molecule has 0 saturated carbocycles. The van der Waals surface area contributed by atoms with E-state index in [1.807, 2.05) is 6.07 Å². The smallest absolute Gasteiger partial charge is 0.291 e. The van der Waals surface area contributed by atoms with Crippen LogP contribution in [0.4, 0.5) is 5.69 Å². The molecule has 0 atom stereocenters. The number of hydrogen-bond donors (Lipinski definition) is 2. The number of carboxylic acids is 1. The van der Waals surface area contributed by atoms with E-state index in [4.69, 9.17) is 4.42 Å². The van der Waals surface area contributed by atoms with Crippen LogP contribution >= 0.6 is 0 Å². The summed E-state index contributed by atoms with van der Waals surface area (Å²) in [4.78, 5) is 35.8. The first kappa shape index (κ1) is 18.7. The van der Waals surface area contributed by atoms with Crippen LogP contribution in [0.2, 0.25) is 0 Å². The first-order chi connectivity index (χ1) is 13.5. The van der Waals surface area contributed by atoms with Crippen molar-refractivity contribution in [2.24, 2.45) is 0 Å². The molecule has 140 valence electrons. The fraction of sp³-hybridized carbons (Fsp3) is 0. The normalized spacial score (nSPS) is 10.9. The quantitative estimate of drug-likeness (QED) is 0.641. The topological polar surface area (TPSA) is 111 Å². The molecule has 0 aliphatic rings. The summed E-state index contributed by atoms with van der Waals surface area (Å²) in [6.45, 7) is 0. The maximum atomic E-state index is 12.7. The fourth-order valence-electron chi connectivity index (χ4n) is 2.35. The van der Waals surface area contributed by atoms with Crippen LogP contribution in [0.5, 0.6) is 0 Å². The molecule has 0 saturated heterocycles. The molecule has 1 aromatic heterocycles. The number of carbonyl (C=O) groups is 3. The predicted octanol–water partition coefficient (Wildman–Crippen LogP) is 2.05. The van der Waals surface area contributed by atoms with Crippen molar-refractivity contribution in [1.29, 1.82) is 0 Å². The number of furan rings is 1. The highest BCUT2D eigenvalue weighted by atomic mass is 16.4. The van der Waals surface area contributed by atoms with Gasteiger partial charge >= 0.3 is 0 Å². The Morgan fingerprint density at radius 2 is 1.61 bits per heavy atom. The molecule has 0 unspecified atom stereocenters. The van der Waals surface area contributed by atoms with Gasteiger partial charge in [-0.15, -0.1) is 0 Å². The average Bonchev–Trinajstić information content (AvgIpc) is 3.23. The third-order valence-electron chi connectivity index (χ3n) is 3.73. The van der Waals surface area contributed by atoms with E-state index in [1.165, 1.54) is 42.7 Å². The maximum absolute atomic E-state index is 12.7. The Hall–Kier alpha value is -4.13. The van der Waals surface area contributed by atoms with Crippen molar-refractivity contribution in [3.8, 4) is 0 Å². The molecule has 0 fully saturated rings. The maximum Gasteiger partial charge on any atom is 0.291 e. The molecule has 0 radical (unpaired) electrons. The Morgan fingerprint density at radius 3 is 2.21 bits per heavy atom. The molecule has 3 rings (SSSR count). The highest BCUT2D eigenvalue weighted by molar-refractivity contribution is 6.10. The Labute approximate surface area is 160 Å². The number of hydrogen-bond acceptors (Lipinski definition) is 5. The van der Waals surface area contributed by atoms with Crippen LogP contribution < -0.4 is 15.7 Å². The number of rotatable bonds is 6. The van der Waals surface area contributed by atoms with Crippen LogP contribution in [0.3, 0.4) is 0 Å². The van der Waals surface area contributed by atoms with Crippen LogP contribution in [0.25, 0.3) is 6.08 Å². The minimum absolute atomic E-state index is 0.00317. The van der Waals surface area contributed by atoms with Crippen molar-refractivity contribution in [3.05, 3.63) is 95.6 Å². The van der Waals surface area contributed by atoms with Gasteiger partial charge in [0.2, 0.25) is 0 Å². The van der Waals surface area contributed by atoms with Gasteiger partial charge in [0.1, 0.15) is 5.70 Å². The molecule has 28 heavy (non-hydrogen) atoms. The average molecular weight is 375 g/mol. The van der Waals surface area contributed by atoms with Crippen LogP contribution in [0.1, 0.15) is 26.5 Å². The van der Waals surface area contributed by atoms with E-state index in [0.717, 1.165) is 0 Å². The van der Waals surface area contributed by atoms with E-state index < -0.39 is 17.8 Å². The lowest BCUT2D eigenvalue weighted by molar-refractivity contribution is -0.255. The molecule has 2 aromatic carbocycles. The van der Waals surface area contributed by atoms with Gasteiger partial charge in [0.05, 0.1) is 12.2 Å². The molecule has 2 amide bonds. The third kappa shape index (κ3) is 4.73. The molecule has 2 N–H and O–H groups in total. The van der Waals surface area contributed by atoms with Gasteiger partial charge in [-0.05, 0) is 41.5 Å². The summed E-state index contributed by atoms with van der Waals surface area (Å²) in [5, 5.41) is 16.0. The van der Waals surface area contributed by atoms with Crippen LogP contribution in [-0.2, 0) is 4.79 Å². The standard InChI is InChI=1S/C21H16N2O5/c24-19(22-16-10-8-15(9-11-16)21(26)27)17(13-14-5-2-1-3-6-14)23-20(25)18-7-4-12-28-18/h1-13H,(H,22,24)(H,23,25)(H,26,27)/p-1/b17-13-. The second kappa shape index (κ2) is 8.50. The first-order valence-corrected chi connectivity index (χ1v) is 8.27. The highest BCUT2D eigenvalue weighted by Crippen LogP contribution is 2.12. The number of carbonyl (C=O) groups excluding carboxylic acids is 3. The number of nitrogens with one attached hydrogen (secondary N) is 2. The van der Waals surface area contributed by atoms with Crippen molar-refractivity contribution in [3.63, 3.8) is 0 Å². The van der Waals surface area contributed by atoms with Crippen molar-refractivity contribution in [1.82, 2.24) is 5.32 Å². The van der Waals surface area contributed by atoms with E-state index in [9.17, 15) is 19.5 Å². The van der Waals surface area contributed by atoms with Gasteiger partial charge in [-0.3, -0.25) is 9.59 Å². The second-order valence-corrected chi connectivity index (χ2v) is 5.72. The van der Waals surface area contributed by atoms with Gasteiger partial charge in [-0.25, -0.2) is 0 Å². The molecule has 0 aliphatic heterocycles. The van der Waals surface area contributed by atoms with Gasteiger partial charge in [-0.2, -0.15) is 0 Å². The first-order valence-electron chi connectivity index (χ1n) is 8.27. The van der Waals surface area contributed by atoms with E-state index in [-0.39, 0.29) is 17.0 Å². The Bertz CT molecular complexity index is 1010. The summed E-state index contributed by atoms with van der Waals surface area (Å²) in [6.07, 6.45) is 2.88. The molecule has 0 spiro atoms. The molecule has 0 aliphatic carbocycles. The number of carboxylic acid groups (broad SMARTS) is 1. The molecular formula is C21H15N2O5-. The highest BCUT2D eigenvalue weighted by Gasteiger charge is 2.16. The van der Waals surface area contributed by atoms with Crippen molar-refractivity contribution in [2.45, 2.75) is 0 Å². The van der Waals surface area contributed by atoms with Gasteiger partial charge in [0.25, 0.3) is 11.8 Å². The van der Waals surface area contributed by atoms with Crippen LogP contribution in [0, 0.1) is 0 Å². The molecular weight excluding hydrogens is 360 g/mol. The molecule has 1 heterocycles. The summed E-state index contributed by atoms with van der Waals surface area (Å²) >= 11 is 0. The zero-order valence-electron chi connectivity index (χ0n) is 14.5. The Morgan fingerprint density at radius 1 is 0.893 bits per heavy atom. The summed E-state index contributed by atoms with van der Waals surface area (Å²) in [5.41, 5.74) is 1.06. The lowest BCUT2D eigenvalue weighted by Crippen LogP contribution is -2.30. The zero-order valence-corrected chi connectivity index (χ0v) is 14.5. The van der Waals surface area contributed by atoms with Crippen molar-refractivity contribution >= 4 is 29.5 Å². The minimum Gasteiger partial charge on any atom is -0.545 e. The van der Waals surface area contributed by atoms with Crippen molar-refractivity contribution in [2.75, 3.05) is 5.32 Å². The minimum atomic E-state index is -1.31. The van der Waals surface area contributed by atoms with E-state index >= 15 is 0 Å². The summed E-state index contributed by atoms with van der Waals surface area (Å²) in [7, 11) is 0. The fourth-order valence-corrected chi connectivity index (χ4v) is 2.35. The van der Waals surface area contributed by atoms with E-state index in [2.05, 4.69) is 10.6 Å². The summed E-state index contributed by atoms with van der Waals surface area (Å²) in [5.74, 6) is -2.40. The predicted molar refractivity (Wildman–Crippen MR) is 100.0 cm³/mol. The van der Waals surface area contributed by atoms with Gasteiger partial charge in [0, 0.05) is 5.69 Å². The van der Waals surface area contributed by atoms with Gasteiger partial charge in [-0.1, -0.05) is 42.5 Å². The number of anilines is 1. The molecule has 0 bridgehead atoms. The summed E-state index contributed by atoms with van der Waals surface area (Å²) < 4.78 is 5.05. The lowest BCUT2D eigenvalue weighted by Gasteiger charge is -2.11. The molecule has 7 heteroatoms. The number of benzene rings is 2. The van der Waals surface area contributed by atoms with Crippen molar-refractivity contribution < 1.29 is 23.9 Å².